The highest BCUT2D eigenvalue weighted by Gasteiger charge is 2.29. The van der Waals surface area contributed by atoms with Gasteiger partial charge in [0.15, 0.2) is 0 Å². The molecule has 1 aromatic carbocycles. The van der Waals surface area contributed by atoms with Gasteiger partial charge in [0, 0.05) is 19.7 Å². The summed E-state index contributed by atoms with van der Waals surface area (Å²) in [7, 11) is 2.08. The van der Waals surface area contributed by atoms with Crippen molar-refractivity contribution in [2.75, 3.05) is 23.8 Å². The van der Waals surface area contributed by atoms with E-state index in [4.69, 9.17) is 0 Å². The summed E-state index contributed by atoms with van der Waals surface area (Å²) in [6.07, 6.45) is 0. The zero-order chi connectivity index (χ0) is 10.3. The SMILES string of the molecule is CN1c2ccc(O)cc2NCC1(C)C. The Morgan fingerprint density at radius 2 is 2.14 bits per heavy atom. The van der Waals surface area contributed by atoms with Gasteiger partial charge in [-0.1, -0.05) is 0 Å². The molecule has 3 heteroatoms. The first-order valence-corrected chi connectivity index (χ1v) is 4.81. The van der Waals surface area contributed by atoms with Gasteiger partial charge in [-0.05, 0) is 26.0 Å². The molecule has 0 radical (unpaired) electrons. The first-order valence-electron chi connectivity index (χ1n) is 4.81. The molecule has 1 aliphatic heterocycles. The van der Waals surface area contributed by atoms with E-state index < -0.39 is 0 Å². The molecule has 0 fully saturated rings. The number of benzene rings is 1. The van der Waals surface area contributed by atoms with E-state index in [1.54, 1.807) is 12.1 Å². The fourth-order valence-electron chi connectivity index (χ4n) is 1.71. The van der Waals surface area contributed by atoms with Crippen molar-refractivity contribution >= 4 is 11.4 Å². The summed E-state index contributed by atoms with van der Waals surface area (Å²) in [4.78, 5) is 2.23. The van der Waals surface area contributed by atoms with Gasteiger partial charge in [-0.25, -0.2) is 0 Å². The van der Waals surface area contributed by atoms with Gasteiger partial charge in [-0.15, -0.1) is 0 Å². The Morgan fingerprint density at radius 1 is 1.43 bits per heavy atom. The zero-order valence-electron chi connectivity index (χ0n) is 8.83. The summed E-state index contributed by atoms with van der Waals surface area (Å²) in [5.74, 6) is 0.310. The van der Waals surface area contributed by atoms with Gasteiger partial charge in [0.25, 0.3) is 0 Å². The molecule has 1 aliphatic rings. The number of phenolic OH excluding ortho intramolecular Hbond substituents is 1. The molecule has 0 atom stereocenters. The van der Waals surface area contributed by atoms with Crippen LogP contribution in [0.3, 0.4) is 0 Å². The molecule has 3 nitrogen and oxygen atoms in total. The largest absolute Gasteiger partial charge is 0.508 e. The molecule has 0 saturated heterocycles. The van der Waals surface area contributed by atoms with E-state index in [0.717, 1.165) is 17.9 Å². The molecule has 0 amide bonds. The molecule has 76 valence electrons. The van der Waals surface area contributed by atoms with Crippen molar-refractivity contribution in [3.05, 3.63) is 18.2 Å². The number of nitrogens with zero attached hydrogens (tertiary/aromatic N) is 1. The average molecular weight is 192 g/mol. The number of likely N-dealkylation sites (N-methyl/N-ethyl adjacent to an activating group) is 1. The molecule has 0 aromatic heterocycles. The molecule has 1 heterocycles. The summed E-state index contributed by atoms with van der Waals surface area (Å²) in [6.45, 7) is 5.27. The lowest BCUT2D eigenvalue weighted by Crippen LogP contribution is -2.49. The van der Waals surface area contributed by atoms with Crippen molar-refractivity contribution in [3.63, 3.8) is 0 Å². The standard InChI is InChI=1S/C11H16N2O/c1-11(2)7-12-9-6-8(14)4-5-10(9)13(11)3/h4-6,12,14H,7H2,1-3H3. The molecular formula is C11H16N2O. The Kier molecular flexibility index (Phi) is 1.84. The molecule has 0 aliphatic carbocycles. The van der Waals surface area contributed by atoms with E-state index in [0.29, 0.717) is 5.75 Å². The summed E-state index contributed by atoms with van der Waals surface area (Å²) >= 11 is 0. The molecule has 2 N–H and O–H groups in total. The minimum absolute atomic E-state index is 0.115. The number of rotatable bonds is 0. The van der Waals surface area contributed by atoms with Crippen LogP contribution < -0.4 is 10.2 Å². The van der Waals surface area contributed by atoms with Crippen LogP contribution in [-0.2, 0) is 0 Å². The normalized spacial score (nSPS) is 18.6. The number of anilines is 2. The number of hydrogen-bond acceptors (Lipinski definition) is 3. The van der Waals surface area contributed by atoms with Gasteiger partial charge in [-0.3, -0.25) is 0 Å². The highest BCUT2D eigenvalue weighted by atomic mass is 16.3. The topological polar surface area (TPSA) is 35.5 Å². The van der Waals surface area contributed by atoms with Gasteiger partial charge >= 0.3 is 0 Å². The molecular weight excluding hydrogens is 176 g/mol. The highest BCUT2D eigenvalue weighted by molar-refractivity contribution is 5.74. The van der Waals surface area contributed by atoms with Gasteiger partial charge in [0.05, 0.1) is 16.9 Å². The van der Waals surface area contributed by atoms with Crippen molar-refractivity contribution in [2.45, 2.75) is 19.4 Å². The second-order valence-electron chi connectivity index (χ2n) is 4.43. The van der Waals surface area contributed by atoms with Crippen molar-refractivity contribution in [1.82, 2.24) is 0 Å². The lowest BCUT2D eigenvalue weighted by Gasteiger charge is -2.43. The third-order valence-electron chi connectivity index (χ3n) is 2.96. The van der Waals surface area contributed by atoms with Gasteiger partial charge in [0.1, 0.15) is 5.75 Å². The van der Waals surface area contributed by atoms with E-state index in [1.165, 1.54) is 0 Å². The average Bonchev–Trinajstić information content (AvgIpc) is 2.12. The van der Waals surface area contributed by atoms with Crippen LogP contribution in [-0.4, -0.2) is 24.2 Å². The molecule has 1 aromatic rings. The third kappa shape index (κ3) is 1.29. The van der Waals surface area contributed by atoms with E-state index in [-0.39, 0.29) is 5.54 Å². The maximum Gasteiger partial charge on any atom is 0.117 e. The van der Waals surface area contributed by atoms with Crippen LogP contribution in [0.25, 0.3) is 0 Å². The van der Waals surface area contributed by atoms with Gasteiger partial charge < -0.3 is 15.3 Å². The zero-order valence-corrected chi connectivity index (χ0v) is 8.83. The van der Waals surface area contributed by atoms with Gasteiger partial charge in [-0.2, -0.15) is 0 Å². The number of phenols is 1. The van der Waals surface area contributed by atoms with E-state index in [9.17, 15) is 5.11 Å². The van der Waals surface area contributed by atoms with Crippen LogP contribution in [0.5, 0.6) is 5.75 Å². The Labute approximate surface area is 84.4 Å². The molecule has 14 heavy (non-hydrogen) atoms. The molecule has 0 spiro atoms. The summed E-state index contributed by atoms with van der Waals surface area (Å²) in [5.41, 5.74) is 2.26. The second-order valence-corrected chi connectivity index (χ2v) is 4.43. The van der Waals surface area contributed by atoms with Crippen LogP contribution in [0.15, 0.2) is 18.2 Å². The predicted octanol–water partition coefficient (Wildman–Crippen LogP) is 2.03. The summed E-state index contributed by atoms with van der Waals surface area (Å²) in [6, 6.07) is 5.43. The number of fused-ring (bicyclic) bond motifs is 1. The Balaban J connectivity index is 2.46. The van der Waals surface area contributed by atoms with Crippen LogP contribution in [0.4, 0.5) is 11.4 Å². The van der Waals surface area contributed by atoms with Crippen molar-refractivity contribution in [3.8, 4) is 5.75 Å². The van der Waals surface area contributed by atoms with Gasteiger partial charge in [0.2, 0.25) is 0 Å². The van der Waals surface area contributed by atoms with E-state index in [2.05, 4.69) is 31.1 Å². The fourth-order valence-corrected chi connectivity index (χ4v) is 1.71. The smallest absolute Gasteiger partial charge is 0.117 e. The molecule has 0 unspecified atom stereocenters. The number of aromatic hydroxyl groups is 1. The number of hydrogen-bond donors (Lipinski definition) is 2. The maximum atomic E-state index is 9.35. The Bertz CT molecular complexity index is 360. The first kappa shape index (κ1) is 9.19. The Morgan fingerprint density at radius 3 is 2.86 bits per heavy atom. The van der Waals surface area contributed by atoms with Crippen molar-refractivity contribution in [2.24, 2.45) is 0 Å². The van der Waals surface area contributed by atoms with Crippen molar-refractivity contribution in [1.29, 1.82) is 0 Å². The third-order valence-corrected chi connectivity index (χ3v) is 2.96. The minimum Gasteiger partial charge on any atom is -0.508 e. The van der Waals surface area contributed by atoms with Crippen LogP contribution >= 0.6 is 0 Å². The predicted molar refractivity (Wildman–Crippen MR) is 59.1 cm³/mol. The quantitative estimate of drug-likeness (QED) is 0.660. The molecule has 0 saturated carbocycles. The van der Waals surface area contributed by atoms with E-state index >= 15 is 0 Å². The lowest BCUT2D eigenvalue weighted by atomic mass is 9.98. The highest BCUT2D eigenvalue weighted by Crippen LogP contribution is 2.36. The van der Waals surface area contributed by atoms with Crippen LogP contribution in [0, 0.1) is 0 Å². The first-order chi connectivity index (χ1) is 6.50. The van der Waals surface area contributed by atoms with Crippen molar-refractivity contribution < 1.29 is 5.11 Å². The molecule has 2 rings (SSSR count). The lowest BCUT2D eigenvalue weighted by molar-refractivity contribution is 0.472. The fraction of sp³-hybridized carbons (Fsp3) is 0.455. The second kappa shape index (κ2) is 2.80. The number of nitrogens with one attached hydrogen (secondary N) is 1. The van der Waals surface area contributed by atoms with Crippen LogP contribution in [0.2, 0.25) is 0 Å². The summed E-state index contributed by atoms with van der Waals surface area (Å²) < 4.78 is 0. The Hall–Kier alpha value is -1.38. The van der Waals surface area contributed by atoms with Crippen LogP contribution in [0.1, 0.15) is 13.8 Å². The van der Waals surface area contributed by atoms with E-state index in [1.807, 2.05) is 6.07 Å². The summed E-state index contributed by atoms with van der Waals surface area (Å²) in [5, 5.41) is 12.7. The monoisotopic (exact) mass is 192 g/mol. The molecule has 0 bridgehead atoms. The minimum atomic E-state index is 0.115. The maximum absolute atomic E-state index is 9.35.